The summed E-state index contributed by atoms with van der Waals surface area (Å²) < 4.78 is 0. The summed E-state index contributed by atoms with van der Waals surface area (Å²) >= 11 is 11.0. The minimum Gasteiger partial charge on any atom is -0.369 e. The van der Waals surface area contributed by atoms with E-state index in [2.05, 4.69) is 15.3 Å². The fourth-order valence-corrected chi connectivity index (χ4v) is 0.851. The van der Waals surface area contributed by atoms with Gasteiger partial charge in [-0.15, -0.1) is 11.6 Å². The van der Waals surface area contributed by atoms with Crippen molar-refractivity contribution in [2.45, 2.75) is 0 Å². The second-order valence-electron chi connectivity index (χ2n) is 1.83. The van der Waals surface area contributed by atoms with E-state index >= 15 is 0 Å². The maximum absolute atomic E-state index is 5.53. The standard InChI is InChI=1S/C6H7Cl2N3/c7-2-4-9-5-1-3-10-6(8)11-5/h1,3H,2,4H2,(H,9,10,11). The number of hydrogen-bond donors (Lipinski definition) is 1. The van der Waals surface area contributed by atoms with Gasteiger partial charge in [0.2, 0.25) is 5.28 Å². The van der Waals surface area contributed by atoms with Gasteiger partial charge in [-0.2, -0.15) is 0 Å². The Balaban J connectivity index is 2.56. The third kappa shape index (κ3) is 2.91. The average molecular weight is 192 g/mol. The van der Waals surface area contributed by atoms with Crippen LogP contribution in [0.2, 0.25) is 5.28 Å². The van der Waals surface area contributed by atoms with Gasteiger partial charge >= 0.3 is 0 Å². The number of nitrogens with one attached hydrogen (secondary N) is 1. The summed E-state index contributed by atoms with van der Waals surface area (Å²) in [5, 5.41) is 3.21. The smallest absolute Gasteiger partial charge is 0.224 e. The molecule has 0 unspecified atom stereocenters. The Kier molecular flexibility index (Phi) is 3.39. The summed E-state index contributed by atoms with van der Waals surface area (Å²) in [6.07, 6.45) is 1.59. The molecule has 0 fully saturated rings. The first kappa shape index (κ1) is 8.56. The molecule has 60 valence electrons. The van der Waals surface area contributed by atoms with E-state index in [1.54, 1.807) is 12.3 Å². The number of rotatable bonds is 3. The molecule has 0 saturated heterocycles. The molecule has 5 heteroatoms. The minimum absolute atomic E-state index is 0.240. The largest absolute Gasteiger partial charge is 0.369 e. The number of nitrogens with zero attached hydrogens (tertiary/aromatic N) is 2. The lowest BCUT2D eigenvalue weighted by Gasteiger charge is -2.00. The van der Waals surface area contributed by atoms with Crippen molar-refractivity contribution in [2.75, 3.05) is 17.7 Å². The van der Waals surface area contributed by atoms with E-state index < -0.39 is 0 Å². The molecule has 1 aromatic heterocycles. The van der Waals surface area contributed by atoms with Gasteiger partial charge in [0, 0.05) is 18.6 Å². The molecule has 0 aliphatic heterocycles. The molecule has 0 saturated carbocycles. The molecule has 0 atom stereocenters. The normalized spacial score (nSPS) is 9.64. The zero-order chi connectivity index (χ0) is 8.10. The minimum atomic E-state index is 0.240. The fourth-order valence-electron chi connectivity index (χ4n) is 0.609. The average Bonchev–Trinajstić information content (AvgIpc) is 2.01. The molecule has 0 aliphatic rings. The fraction of sp³-hybridized carbons (Fsp3) is 0.333. The van der Waals surface area contributed by atoms with Gasteiger partial charge in [0.1, 0.15) is 5.82 Å². The molecule has 1 heterocycles. The second kappa shape index (κ2) is 4.36. The lowest BCUT2D eigenvalue weighted by molar-refractivity contribution is 1.11. The Morgan fingerprint density at radius 2 is 2.36 bits per heavy atom. The van der Waals surface area contributed by atoms with Crippen molar-refractivity contribution in [1.29, 1.82) is 0 Å². The van der Waals surface area contributed by atoms with Crippen LogP contribution < -0.4 is 5.32 Å². The monoisotopic (exact) mass is 191 g/mol. The number of aromatic nitrogens is 2. The van der Waals surface area contributed by atoms with Crippen LogP contribution >= 0.6 is 23.2 Å². The van der Waals surface area contributed by atoms with Gasteiger partial charge in [0.15, 0.2) is 0 Å². The Labute approximate surface area is 74.8 Å². The molecular formula is C6H7Cl2N3. The van der Waals surface area contributed by atoms with Gasteiger partial charge in [-0.3, -0.25) is 0 Å². The summed E-state index contributed by atoms with van der Waals surface area (Å²) in [7, 11) is 0. The summed E-state index contributed by atoms with van der Waals surface area (Å²) in [5.74, 6) is 1.24. The maximum atomic E-state index is 5.53. The lowest BCUT2D eigenvalue weighted by Crippen LogP contribution is -2.04. The topological polar surface area (TPSA) is 37.8 Å². The van der Waals surface area contributed by atoms with E-state index in [4.69, 9.17) is 23.2 Å². The Morgan fingerprint density at radius 1 is 1.55 bits per heavy atom. The predicted molar refractivity (Wildman–Crippen MR) is 46.3 cm³/mol. The van der Waals surface area contributed by atoms with Crippen molar-refractivity contribution >= 4 is 29.0 Å². The first-order valence-corrected chi connectivity index (χ1v) is 4.02. The highest BCUT2D eigenvalue weighted by molar-refractivity contribution is 6.28. The first-order valence-electron chi connectivity index (χ1n) is 3.11. The summed E-state index contributed by atoms with van der Waals surface area (Å²) in [6.45, 7) is 0.675. The van der Waals surface area contributed by atoms with E-state index in [1.807, 2.05) is 0 Å². The van der Waals surface area contributed by atoms with Crippen LogP contribution in [0.1, 0.15) is 0 Å². The van der Waals surface area contributed by atoms with Crippen LogP contribution in [0.5, 0.6) is 0 Å². The van der Waals surface area contributed by atoms with Gasteiger partial charge in [0.25, 0.3) is 0 Å². The molecule has 11 heavy (non-hydrogen) atoms. The number of anilines is 1. The third-order valence-electron chi connectivity index (χ3n) is 1.03. The predicted octanol–water partition coefficient (Wildman–Crippen LogP) is 1.78. The van der Waals surface area contributed by atoms with Crippen molar-refractivity contribution < 1.29 is 0 Å². The molecule has 0 aromatic carbocycles. The first-order chi connectivity index (χ1) is 5.33. The van der Waals surface area contributed by atoms with Crippen LogP contribution in [0, 0.1) is 0 Å². The molecule has 0 radical (unpaired) electrons. The molecule has 0 bridgehead atoms. The zero-order valence-corrected chi connectivity index (χ0v) is 7.23. The van der Waals surface area contributed by atoms with E-state index in [9.17, 15) is 0 Å². The van der Waals surface area contributed by atoms with Gasteiger partial charge < -0.3 is 5.32 Å². The van der Waals surface area contributed by atoms with E-state index in [0.29, 0.717) is 18.2 Å². The van der Waals surface area contributed by atoms with Crippen molar-refractivity contribution in [3.8, 4) is 0 Å². The Bertz CT molecular complexity index is 229. The van der Waals surface area contributed by atoms with Crippen LogP contribution in [0.25, 0.3) is 0 Å². The lowest BCUT2D eigenvalue weighted by atomic mass is 10.5. The molecule has 3 nitrogen and oxygen atoms in total. The van der Waals surface area contributed by atoms with Crippen LogP contribution in [0.15, 0.2) is 12.3 Å². The Hall–Kier alpha value is -0.540. The van der Waals surface area contributed by atoms with Crippen LogP contribution in [0.4, 0.5) is 5.82 Å². The second-order valence-corrected chi connectivity index (χ2v) is 2.54. The molecule has 0 aliphatic carbocycles. The SMILES string of the molecule is ClCCNc1ccnc(Cl)n1. The molecule has 0 amide bonds. The quantitative estimate of drug-likeness (QED) is 0.585. The van der Waals surface area contributed by atoms with E-state index in [1.165, 1.54) is 0 Å². The molecular weight excluding hydrogens is 185 g/mol. The number of halogens is 2. The maximum Gasteiger partial charge on any atom is 0.224 e. The highest BCUT2D eigenvalue weighted by atomic mass is 35.5. The van der Waals surface area contributed by atoms with Crippen molar-refractivity contribution in [3.05, 3.63) is 17.5 Å². The number of hydrogen-bond acceptors (Lipinski definition) is 3. The highest BCUT2D eigenvalue weighted by Crippen LogP contribution is 2.04. The van der Waals surface area contributed by atoms with Crippen LogP contribution in [-0.2, 0) is 0 Å². The summed E-state index contributed by atoms with van der Waals surface area (Å²) in [5.41, 5.74) is 0. The molecule has 1 N–H and O–H groups in total. The molecule has 1 rings (SSSR count). The van der Waals surface area contributed by atoms with Crippen LogP contribution in [-0.4, -0.2) is 22.4 Å². The van der Waals surface area contributed by atoms with Gasteiger partial charge in [-0.25, -0.2) is 9.97 Å². The zero-order valence-electron chi connectivity index (χ0n) is 5.72. The highest BCUT2D eigenvalue weighted by Gasteiger charge is 1.93. The van der Waals surface area contributed by atoms with Gasteiger partial charge in [-0.1, -0.05) is 0 Å². The van der Waals surface area contributed by atoms with Gasteiger partial charge in [0.05, 0.1) is 0 Å². The van der Waals surface area contributed by atoms with E-state index in [-0.39, 0.29) is 5.28 Å². The van der Waals surface area contributed by atoms with Crippen molar-refractivity contribution in [3.63, 3.8) is 0 Å². The summed E-state index contributed by atoms with van der Waals surface area (Å²) in [4.78, 5) is 7.62. The van der Waals surface area contributed by atoms with E-state index in [0.717, 1.165) is 0 Å². The van der Waals surface area contributed by atoms with Gasteiger partial charge in [-0.05, 0) is 17.7 Å². The number of alkyl halides is 1. The Morgan fingerprint density at radius 3 is 3.00 bits per heavy atom. The molecule has 1 aromatic rings. The molecule has 0 spiro atoms. The van der Waals surface area contributed by atoms with Crippen LogP contribution in [0.3, 0.4) is 0 Å². The summed E-state index contributed by atoms with van der Waals surface area (Å²) in [6, 6.07) is 1.73. The van der Waals surface area contributed by atoms with Crippen molar-refractivity contribution in [1.82, 2.24) is 9.97 Å². The van der Waals surface area contributed by atoms with Crippen molar-refractivity contribution in [2.24, 2.45) is 0 Å². The third-order valence-corrected chi connectivity index (χ3v) is 1.40.